The van der Waals surface area contributed by atoms with Gasteiger partial charge in [0, 0.05) is 0 Å². The standard InChI is InChI=1S/C11H17N3O3/c1-6-7(2)13-14-10(17)8(6)9(16)12-11(3,4)5-15/h15H,5H2,1-4H3,(H,12,16)(H,14,17). The summed E-state index contributed by atoms with van der Waals surface area (Å²) in [6.07, 6.45) is 0. The monoisotopic (exact) mass is 239 g/mol. The summed E-state index contributed by atoms with van der Waals surface area (Å²) in [5.41, 5.74) is -0.123. The number of carbonyl (C=O) groups is 1. The van der Waals surface area contributed by atoms with Crippen molar-refractivity contribution < 1.29 is 9.90 Å². The third kappa shape index (κ3) is 2.91. The van der Waals surface area contributed by atoms with Crippen LogP contribution in [0.25, 0.3) is 0 Å². The molecule has 0 fully saturated rings. The van der Waals surface area contributed by atoms with Crippen LogP contribution in [-0.2, 0) is 0 Å². The van der Waals surface area contributed by atoms with E-state index in [9.17, 15) is 9.59 Å². The molecule has 0 aliphatic carbocycles. The van der Waals surface area contributed by atoms with Crippen LogP contribution in [0.5, 0.6) is 0 Å². The fraction of sp³-hybridized carbons (Fsp3) is 0.545. The van der Waals surface area contributed by atoms with Gasteiger partial charge in [-0.3, -0.25) is 9.59 Å². The Balaban J connectivity index is 3.14. The largest absolute Gasteiger partial charge is 0.394 e. The lowest BCUT2D eigenvalue weighted by molar-refractivity contribution is 0.0866. The van der Waals surface area contributed by atoms with E-state index in [4.69, 9.17) is 5.11 Å². The SMILES string of the molecule is Cc1n[nH]c(=O)c(C(=O)NC(C)(C)CO)c1C. The smallest absolute Gasteiger partial charge is 0.277 e. The number of rotatable bonds is 3. The van der Waals surface area contributed by atoms with Crippen molar-refractivity contribution in [2.24, 2.45) is 0 Å². The number of aliphatic hydroxyl groups excluding tert-OH is 1. The summed E-state index contributed by atoms with van der Waals surface area (Å²) in [6.45, 7) is 6.50. The van der Waals surface area contributed by atoms with Gasteiger partial charge in [0.15, 0.2) is 0 Å². The number of hydrogen-bond donors (Lipinski definition) is 3. The number of nitrogens with zero attached hydrogens (tertiary/aromatic N) is 1. The van der Waals surface area contributed by atoms with Gasteiger partial charge in [-0.2, -0.15) is 5.10 Å². The molecule has 6 heteroatoms. The molecule has 94 valence electrons. The van der Waals surface area contributed by atoms with E-state index in [0.717, 1.165) is 0 Å². The van der Waals surface area contributed by atoms with Gasteiger partial charge < -0.3 is 10.4 Å². The molecular formula is C11H17N3O3. The number of aromatic nitrogens is 2. The molecule has 1 amide bonds. The zero-order valence-corrected chi connectivity index (χ0v) is 10.4. The first-order valence-corrected chi connectivity index (χ1v) is 5.28. The van der Waals surface area contributed by atoms with Crippen LogP contribution in [0.1, 0.15) is 35.5 Å². The molecule has 1 aromatic rings. The lowest BCUT2D eigenvalue weighted by Crippen LogP contribution is -2.48. The van der Waals surface area contributed by atoms with Crippen molar-refractivity contribution in [3.8, 4) is 0 Å². The molecule has 0 radical (unpaired) electrons. The van der Waals surface area contributed by atoms with Gasteiger partial charge in [0.25, 0.3) is 11.5 Å². The molecule has 3 N–H and O–H groups in total. The van der Waals surface area contributed by atoms with Crippen molar-refractivity contribution in [2.45, 2.75) is 33.2 Å². The maximum atomic E-state index is 11.9. The molecule has 0 unspecified atom stereocenters. The first kappa shape index (κ1) is 13.4. The number of hydrogen-bond acceptors (Lipinski definition) is 4. The van der Waals surface area contributed by atoms with E-state index in [1.165, 1.54) is 0 Å². The van der Waals surface area contributed by atoms with E-state index in [1.54, 1.807) is 27.7 Å². The van der Waals surface area contributed by atoms with Gasteiger partial charge in [-0.25, -0.2) is 5.10 Å². The molecule has 0 aromatic carbocycles. The van der Waals surface area contributed by atoms with Gasteiger partial charge in [0.05, 0.1) is 17.8 Å². The molecule has 1 heterocycles. The van der Waals surface area contributed by atoms with Gasteiger partial charge in [0.1, 0.15) is 5.56 Å². The number of aliphatic hydroxyl groups is 1. The van der Waals surface area contributed by atoms with Crippen LogP contribution in [0, 0.1) is 13.8 Å². The van der Waals surface area contributed by atoms with Crippen LogP contribution >= 0.6 is 0 Å². The molecule has 1 aromatic heterocycles. The van der Waals surface area contributed by atoms with Crippen LogP contribution in [0.4, 0.5) is 0 Å². The second-order valence-electron chi connectivity index (χ2n) is 4.63. The quantitative estimate of drug-likeness (QED) is 0.685. The molecule has 0 bridgehead atoms. The number of nitrogens with one attached hydrogen (secondary N) is 2. The molecule has 6 nitrogen and oxygen atoms in total. The second-order valence-corrected chi connectivity index (χ2v) is 4.63. The van der Waals surface area contributed by atoms with Gasteiger partial charge in [-0.05, 0) is 33.3 Å². The molecule has 0 spiro atoms. The van der Waals surface area contributed by atoms with Crippen LogP contribution in [0.3, 0.4) is 0 Å². The summed E-state index contributed by atoms with van der Waals surface area (Å²) < 4.78 is 0. The summed E-state index contributed by atoms with van der Waals surface area (Å²) in [6, 6.07) is 0. The molecular weight excluding hydrogens is 222 g/mol. The van der Waals surface area contributed by atoms with Crippen LogP contribution in [0.15, 0.2) is 4.79 Å². The first-order valence-electron chi connectivity index (χ1n) is 5.28. The Bertz CT molecular complexity index is 491. The van der Waals surface area contributed by atoms with E-state index in [1.807, 2.05) is 0 Å². The molecule has 0 saturated heterocycles. The van der Waals surface area contributed by atoms with Crippen LogP contribution in [-0.4, -0.2) is 33.4 Å². The first-order chi connectivity index (χ1) is 7.78. The van der Waals surface area contributed by atoms with Crippen molar-refractivity contribution in [1.29, 1.82) is 0 Å². The number of carbonyl (C=O) groups excluding carboxylic acids is 1. The maximum Gasteiger partial charge on any atom is 0.277 e. The predicted octanol–water partition coefficient (Wildman–Crippen LogP) is -0.113. The average molecular weight is 239 g/mol. The van der Waals surface area contributed by atoms with Gasteiger partial charge >= 0.3 is 0 Å². The highest BCUT2D eigenvalue weighted by Crippen LogP contribution is 2.07. The van der Waals surface area contributed by atoms with E-state index >= 15 is 0 Å². The summed E-state index contributed by atoms with van der Waals surface area (Å²) in [5, 5.41) is 17.7. The normalized spacial score (nSPS) is 11.4. The lowest BCUT2D eigenvalue weighted by Gasteiger charge is -2.23. The van der Waals surface area contributed by atoms with Crippen LogP contribution < -0.4 is 10.9 Å². The van der Waals surface area contributed by atoms with E-state index in [-0.39, 0.29) is 12.2 Å². The minimum Gasteiger partial charge on any atom is -0.394 e. The Labute approximate surface area is 99.1 Å². The number of aromatic amines is 1. The highest BCUT2D eigenvalue weighted by molar-refractivity contribution is 5.95. The Morgan fingerprint density at radius 1 is 1.47 bits per heavy atom. The van der Waals surface area contributed by atoms with E-state index < -0.39 is 17.0 Å². The van der Waals surface area contributed by atoms with E-state index in [0.29, 0.717) is 11.3 Å². The third-order valence-electron chi connectivity index (χ3n) is 2.54. The molecule has 0 saturated carbocycles. The molecule has 0 aliphatic rings. The summed E-state index contributed by atoms with van der Waals surface area (Å²) in [4.78, 5) is 23.5. The summed E-state index contributed by atoms with van der Waals surface area (Å²) in [7, 11) is 0. The number of amides is 1. The maximum absolute atomic E-state index is 11.9. The van der Waals surface area contributed by atoms with Crippen molar-refractivity contribution in [3.63, 3.8) is 0 Å². The molecule has 1 rings (SSSR count). The Morgan fingerprint density at radius 2 is 2.06 bits per heavy atom. The summed E-state index contributed by atoms with van der Waals surface area (Å²) in [5.74, 6) is -0.506. The molecule has 0 atom stereocenters. The predicted molar refractivity (Wildman–Crippen MR) is 63.0 cm³/mol. The fourth-order valence-corrected chi connectivity index (χ4v) is 1.31. The number of H-pyrrole nitrogens is 1. The molecule has 17 heavy (non-hydrogen) atoms. The van der Waals surface area contributed by atoms with Gasteiger partial charge in [-0.1, -0.05) is 0 Å². The van der Waals surface area contributed by atoms with Crippen LogP contribution in [0.2, 0.25) is 0 Å². The Kier molecular flexibility index (Phi) is 3.67. The zero-order chi connectivity index (χ0) is 13.2. The van der Waals surface area contributed by atoms with Crippen molar-refractivity contribution >= 4 is 5.91 Å². The van der Waals surface area contributed by atoms with Crippen molar-refractivity contribution in [2.75, 3.05) is 6.61 Å². The average Bonchev–Trinajstić information content (AvgIpc) is 2.23. The minimum absolute atomic E-state index is 0.0408. The minimum atomic E-state index is -0.771. The van der Waals surface area contributed by atoms with Crippen molar-refractivity contribution in [1.82, 2.24) is 15.5 Å². The summed E-state index contributed by atoms with van der Waals surface area (Å²) >= 11 is 0. The third-order valence-corrected chi connectivity index (χ3v) is 2.54. The van der Waals surface area contributed by atoms with Gasteiger partial charge in [-0.15, -0.1) is 0 Å². The lowest BCUT2D eigenvalue weighted by atomic mass is 10.0. The Hall–Kier alpha value is -1.69. The van der Waals surface area contributed by atoms with E-state index in [2.05, 4.69) is 15.5 Å². The molecule has 0 aliphatic heterocycles. The highest BCUT2D eigenvalue weighted by atomic mass is 16.3. The van der Waals surface area contributed by atoms with Crippen molar-refractivity contribution in [3.05, 3.63) is 27.2 Å². The number of aryl methyl sites for hydroxylation is 1. The Morgan fingerprint density at radius 3 is 2.59 bits per heavy atom. The van der Waals surface area contributed by atoms with Gasteiger partial charge in [0.2, 0.25) is 0 Å². The topological polar surface area (TPSA) is 95.1 Å². The highest BCUT2D eigenvalue weighted by Gasteiger charge is 2.23. The zero-order valence-electron chi connectivity index (χ0n) is 10.4. The fourth-order valence-electron chi connectivity index (χ4n) is 1.31. The second kappa shape index (κ2) is 4.67.